The van der Waals surface area contributed by atoms with Crippen molar-refractivity contribution in [2.75, 3.05) is 6.54 Å². The number of nitrogens with zero attached hydrogens (tertiary/aromatic N) is 1. The van der Waals surface area contributed by atoms with Crippen molar-refractivity contribution in [1.29, 1.82) is 0 Å². The molecule has 1 aliphatic heterocycles. The predicted octanol–water partition coefficient (Wildman–Crippen LogP) is 0.526. The quantitative estimate of drug-likeness (QED) is 0.340. The molecule has 182 valence electrons. The lowest BCUT2D eigenvalue weighted by Gasteiger charge is -2.37. The molecule has 2 aliphatic carbocycles. The average molecular weight is 461 g/mol. The maximum absolute atomic E-state index is 13.6. The van der Waals surface area contributed by atoms with Gasteiger partial charge in [0.2, 0.25) is 23.5 Å². The van der Waals surface area contributed by atoms with Crippen LogP contribution < -0.4 is 16.4 Å². The third-order valence-corrected chi connectivity index (χ3v) is 7.49. The zero-order valence-electron chi connectivity index (χ0n) is 20.1. The molecule has 5 atom stereocenters. The summed E-state index contributed by atoms with van der Waals surface area (Å²) in [5, 5.41) is 5.44. The Kier molecular flexibility index (Phi) is 6.47. The number of carbonyl (C=O) groups excluding carboxylic acids is 5. The summed E-state index contributed by atoms with van der Waals surface area (Å²) in [6.45, 7) is 13.5. The van der Waals surface area contributed by atoms with Crippen LogP contribution in [0.25, 0.3) is 0 Å². The zero-order chi connectivity index (χ0) is 24.9. The van der Waals surface area contributed by atoms with Gasteiger partial charge < -0.3 is 21.3 Å². The fourth-order valence-corrected chi connectivity index (χ4v) is 5.18. The third-order valence-electron chi connectivity index (χ3n) is 7.49. The first-order valence-electron chi connectivity index (χ1n) is 11.6. The van der Waals surface area contributed by atoms with Gasteiger partial charge in [-0.15, -0.1) is 0 Å². The van der Waals surface area contributed by atoms with E-state index in [4.69, 9.17) is 5.73 Å². The lowest BCUT2D eigenvalue weighted by Crippen LogP contribution is -2.60. The van der Waals surface area contributed by atoms with E-state index in [1.54, 1.807) is 0 Å². The number of amides is 4. The van der Waals surface area contributed by atoms with Crippen molar-refractivity contribution < 1.29 is 24.0 Å². The SMILES string of the molecule is C=CC(=O)NC(C(=O)N1C[C@H]2C([C@H]1C(=O)NC(CC1CC1)C(=O)C(N)=O)C2(C)C)C(C)(C)C. The number of primary amides is 1. The Morgan fingerprint density at radius 1 is 1.15 bits per heavy atom. The molecule has 0 bridgehead atoms. The van der Waals surface area contributed by atoms with Gasteiger partial charge in [0.15, 0.2) is 0 Å². The summed E-state index contributed by atoms with van der Waals surface area (Å²) in [5.41, 5.74) is 4.48. The minimum Gasteiger partial charge on any atom is -0.363 e. The summed E-state index contributed by atoms with van der Waals surface area (Å²) < 4.78 is 0. The highest BCUT2D eigenvalue weighted by Gasteiger charge is 2.69. The number of nitrogens with one attached hydrogen (secondary N) is 2. The molecule has 0 aromatic heterocycles. The highest BCUT2D eigenvalue weighted by molar-refractivity contribution is 6.37. The number of likely N-dealkylation sites (tertiary alicyclic amines) is 1. The monoisotopic (exact) mass is 460 g/mol. The summed E-state index contributed by atoms with van der Waals surface area (Å²) in [6.07, 6.45) is 3.37. The first kappa shape index (κ1) is 24.9. The second-order valence-corrected chi connectivity index (χ2v) is 11.4. The van der Waals surface area contributed by atoms with E-state index in [1.807, 2.05) is 20.8 Å². The van der Waals surface area contributed by atoms with Crippen LogP contribution in [-0.2, 0) is 24.0 Å². The highest BCUT2D eigenvalue weighted by atomic mass is 16.2. The summed E-state index contributed by atoms with van der Waals surface area (Å²) in [5.74, 6) is -2.81. The first-order valence-corrected chi connectivity index (χ1v) is 11.6. The molecule has 3 fully saturated rings. The fraction of sp³-hybridized carbons (Fsp3) is 0.708. The number of piperidine rings is 1. The van der Waals surface area contributed by atoms with E-state index in [2.05, 4.69) is 31.1 Å². The van der Waals surface area contributed by atoms with Crippen LogP contribution in [-0.4, -0.2) is 59.0 Å². The van der Waals surface area contributed by atoms with Gasteiger partial charge in [0, 0.05) is 6.54 Å². The summed E-state index contributed by atoms with van der Waals surface area (Å²) in [4.78, 5) is 64.5. The minimum atomic E-state index is -1.08. The van der Waals surface area contributed by atoms with E-state index < -0.39 is 47.0 Å². The summed E-state index contributed by atoms with van der Waals surface area (Å²) in [7, 11) is 0. The Labute approximate surface area is 194 Å². The summed E-state index contributed by atoms with van der Waals surface area (Å²) in [6, 6.07) is -2.63. The molecule has 1 heterocycles. The van der Waals surface area contributed by atoms with Gasteiger partial charge in [0.05, 0.1) is 6.04 Å². The van der Waals surface area contributed by atoms with Crippen molar-refractivity contribution >= 4 is 29.4 Å². The van der Waals surface area contributed by atoms with Crippen LogP contribution in [0, 0.1) is 28.6 Å². The average Bonchev–Trinajstić information content (AvgIpc) is 3.56. The smallest absolute Gasteiger partial charge is 0.287 e. The van der Waals surface area contributed by atoms with Crippen molar-refractivity contribution in [1.82, 2.24) is 15.5 Å². The normalized spacial score (nSPS) is 27.1. The number of fused-ring (bicyclic) bond motifs is 1. The minimum absolute atomic E-state index is 0.0672. The van der Waals surface area contributed by atoms with Crippen molar-refractivity contribution in [3.63, 3.8) is 0 Å². The van der Waals surface area contributed by atoms with Gasteiger partial charge in [-0.05, 0) is 41.1 Å². The molecule has 4 amide bonds. The van der Waals surface area contributed by atoms with Crippen molar-refractivity contribution in [3.05, 3.63) is 12.7 Å². The van der Waals surface area contributed by atoms with Crippen LogP contribution >= 0.6 is 0 Å². The second-order valence-electron chi connectivity index (χ2n) is 11.4. The maximum atomic E-state index is 13.6. The van der Waals surface area contributed by atoms with E-state index in [9.17, 15) is 24.0 Å². The standard InChI is InChI=1S/C24H36N4O5/c1-7-15(29)27-19(23(2,3)4)22(33)28-11-13-16(24(13,5)6)17(28)21(32)26-14(10-12-8-9-12)18(30)20(25)31/h7,12-14,16-17,19H,1,8-11H2,2-6H3,(H2,25,31)(H,26,32)(H,27,29)/t13-,14?,16?,17-,19?/m0/s1. The topological polar surface area (TPSA) is 139 Å². The molecule has 3 aliphatic rings. The van der Waals surface area contributed by atoms with Crippen LogP contribution in [0.4, 0.5) is 0 Å². The molecule has 0 aromatic carbocycles. The molecule has 0 spiro atoms. The zero-order valence-corrected chi connectivity index (χ0v) is 20.1. The lowest BCUT2D eigenvalue weighted by atomic mass is 9.85. The van der Waals surface area contributed by atoms with Gasteiger partial charge in [0.1, 0.15) is 12.1 Å². The number of ketones is 1. The molecule has 33 heavy (non-hydrogen) atoms. The Hall–Kier alpha value is -2.71. The lowest BCUT2D eigenvalue weighted by molar-refractivity contribution is -0.146. The van der Waals surface area contributed by atoms with Crippen LogP contribution in [0.3, 0.4) is 0 Å². The van der Waals surface area contributed by atoms with E-state index >= 15 is 0 Å². The van der Waals surface area contributed by atoms with Gasteiger partial charge in [-0.2, -0.15) is 0 Å². The largest absolute Gasteiger partial charge is 0.363 e. The molecule has 0 radical (unpaired) electrons. The van der Waals surface area contributed by atoms with Crippen LogP contribution in [0.15, 0.2) is 12.7 Å². The van der Waals surface area contributed by atoms with Crippen molar-refractivity contribution in [2.24, 2.45) is 34.3 Å². The van der Waals surface area contributed by atoms with E-state index in [0.29, 0.717) is 13.0 Å². The Balaban J connectivity index is 1.85. The van der Waals surface area contributed by atoms with Crippen LogP contribution in [0.5, 0.6) is 0 Å². The van der Waals surface area contributed by atoms with E-state index in [-0.39, 0.29) is 29.1 Å². The van der Waals surface area contributed by atoms with Gasteiger partial charge in [-0.25, -0.2) is 0 Å². The summed E-state index contributed by atoms with van der Waals surface area (Å²) >= 11 is 0. The highest BCUT2D eigenvalue weighted by Crippen LogP contribution is 2.65. The number of nitrogens with two attached hydrogens (primary N) is 1. The van der Waals surface area contributed by atoms with E-state index in [0.717, 1.165) is 18.9 Å². The van der Waals surface area contributed by atoms with E-state index in [1.165, 1.54) is 4.90 Å². The second kappa shape index (κ2) is 8.57. The molecule has 0 aromatic rings. The van der Waals surface area contributed by atoms with Crippen LogP contribution in [0.2, 0.25) is 0 Å². The number of hydrogen-bond acceptors (Lipinski definition) is 5. The Morgan fingerprint density at radius 3 is 2.24 bits per heavy atom. The molecule has 9 heteroatoms. The number of rotatable bonds is 9. The number of carbonyl (C=O) groups is 5. The third kappa shape index (κ3) is 4.96. The Bertz CT molecular complexity index is 886. The van der Waals surface area contributed by atoms with Crippen molar-refractivity contribution in [2.45, 2.75) is 72.0 Å². The Morgan fingerprint density at radius 2 is 1.76 bits per heavy atom. The van der Waals surface area contributed by atoms with Gasteiger partial charge in [-0.1, -0.05) is 54.0 Å². The predicted molar refractivity (Wildman–Crippen MR) is 121 cm³/mol. The first-order chi connectivity index (χ1) is 15.2. The molecule has 4 N–H and O–H groups in total. The van der Waals surface area contributed by atoms with Gasteiger partial charge >= 0.3 is 0 Å². The molecule has 3 rings (SSSR count). The fourth-order valence-electron chi connectivity index (χ4n) is 5.18. The molecule has 1 saturated heterocycles. The molecule has 9 nitrogen and oxygen atoms in total. The van der Waals surface area contributed by atoms with Gasteiger partial charge in [-0.3, -0.25) is 24.0 Å². The molecular weight excluding hydrogens is 424 g/mol. The maximum Gasteiger partial charge on any atom is 0.287 e. The molecular formula is C24H36N4O5. The number of hydrogen-bond donors (Lipinski definition) is 3. The number of Topliss-reactive ketones (excluding diaryl/α,β-unsaturated/α-hetero) is 1. The van der Waals surface area contributed by atoms with Crippen LogP contribution in [0.1, 0.15) is 53.9 Å². The molecule has 2 saturated carbocycles. The molecule has 3 unspecified atom stereocenters. The van der Waals surface area contributed by atoms with Crippen molar-refractivity contribution in [3.8, 4) is 0 Å². The van der Waals surface area contributed by atoms with Gasteiger partial charge in [0.25, 0.3) is 5.91 Å².